The molecule has 1 atom stereocenters. The molecule has 0 bridgehead atoms. The van der Waals surface area contributed by atoms with Crippen molar-refractivity contribution in [3.8, 4) is 0 Å². The number of carbonyl (C=O) groups is 3. The number of hydrogen-bond donors (Lipinski definition) is 1. The molecule has 1 fully saturated rings. The fourth-order valence-corrected chi connectivity index (χ4v) is 3.51. The second-order valence-electron chi connectivity index (χ2n) is 8.11. The first-order valence-corrected chi connectivity index (χ1v) is 9.53. The summed E-state index contributed by atoms with van der Waals surface area (Å²) in [6.45, 7) is 5.35. The van der Waals surface area contributed by atoms with Crippen molar-refractivity contribution < 1.29 is 19.1 Å². The van der Waals surface area contributed by atoms with Crippen LogP contribution in [0.15, 0.2) is 29.1 Å². The molecule has 2 heterocycles. The zero-order chi connectivity index (χ0) is 21.3. The van der Waals surface area contributed by atoms with Crippen molar-refractivity contribution in [1.82, 2.24) is 14.5 Å². The Bertz CT molecular complexity index is 1070. The lowest BCUT2D eigenvalue weighted by atomic mass is 10.1. The highest BCUT2D eigenvalue weighted by atomic mass is 16.6. The zero-order valence-electron chi connectivity index (χ0n) is 17.0. The predicted octanol–water partition coefficient (Wildman–Crippen LogP) is 2.06. The molecule has 29 heavy (non-hydrogen) atoms. The number of rotatable bonds is 3. The fraction of sp³-hybridized carbons (Fsp3) is 0.429. The second-order valence-corrected chi connectivity index (χ2v) is 8.11. The summed E-state index contributed by atoms with van der Waals surface area (Å²) in [4.78, 5) is 49.1. The van der Waals surface area contributed by atoms with Gasteiger partial charge in [0.2, 0.25) is 11.8 Å². The number of imide groups is 1. The molecular weight excluding hydrogens is 374 g/mol. The SMILES string of the molecule is Cn1c(=O)n(C2CCCC(=O)NC2=O)c2cccc(/C=C/C(=O)OC(C)(C)C)c21. The summed E-state index contributed by atoms with van der Waals surface area (Å²) < 4.78 is 8.15. The minimum absolute atomic E-state index is 0.256. The van der Waals surface area contributed by atoms with E-state index in [1.54, 1.807) is 52.1 Å². The van der Waals surface area contributed by atoms with Gasteiger partial charge < -0.3 is 4.74 Å². The summed E-state index contributed by atoms with van der Waals surface area (Å²) in [5.74, 6) is -1.29. The van der Waals surface area contributed by atoms with Gasteiger partial charge in [0, 0.05) is 25.1 Å². The van der Waals surface area contributed by atoms with Gasteiger partial charge in [0.05, 0.1) is 11.0 Å². The lowest BCUT2D eigenvalue weighted by molar-refractivity contribution is -0.148. The van der Waals surface area contributed by atoms with Crippen LogP contribution < -0.4 is 11.0 Å². The first-order valence-electron chi connectivity index (χ1n) is 9.53. The number of nitrogens with zero attached hydrogens (tertiary/aromatic N) is 2. The average molecular weight is 399 g/mol. The first kappa shape index (κ1) is 20.6. The molecule has 1 aliphatic rings. The fourth-order valence-electron chi connectivity index (χ4n) is 3.51. The van der Waals surface area contributed by atoms with Crippen LogP contribution in [-0.4, -0.2) is 32.5 Å². The number of amides is 2. The van der Waals surface area contributed by atoms with Crippen LogP contribution in [0.3, 0.4) is 0 Å². The summed E-state index contributed by atoms with van der Waals surface area (Å²) in [5, 5.41) is 2.35. The Morgan fingerprint density at radius 1 is 1.24 bits per heavy atom. The van der Waals surface area contributed by atoms with Crippen molar-refractivity contribution in [2.45, 2.75) is 51.7 Å². The molecule has 0 saturated carbocycles. The van der Waals surface area contributed by atoms with E-state index in [9.17, 15) is 19.2 Å². The molecule has 0 spiro atoms. The van der Waals surface area contributed by atoms with Crippen molar-refractivity contribution in [2.75, 3.05) is 0 Å². The lowest BCUT2D eigenvalue weighted by Crippen LogP contribution is -2.38. The Kier molecular flexibility index (Phi) is 5.46. The van der Waals surface area contributed by atoms with Crippen molar-refractivity contribution in [2.24, 2.45) is 7.05 Å². The minimum atomic E-state index is -0.761. The summed E-state index contributed by atoms with van der Waals surface area (Å²) in [7, 11) is 1.62. The van der Waals surface area contributed by atoms with E-state index in [2.05, 4.69) is 5.32 Å². The Morgan fingerprint density at radius 3 is 2.66 bits per heavy atom. The topological polar surface area (TPSA) is 99.4 Å². The van der Waals surface area contributed by atoms with Gasteiger partial charge in [0.25, 0.3) is 0 Å². The molecule has 8 nitrogen and oxygen atoms in total. The van der Waals surface area contributed by atoms with E-state index in [0.29, 0.717) is 29.4 Å². The number of aryl methyl sites for hydroxylation is 1. The molecule has 0 aliphatic carbocycles. The van der Waals surface area contributed by atoms with Gasteiger partial charge in [-0.2, -0.15) is 0 Å². The van der Waals surface area contributed by atoms with Crippen LogP contribution >= 0.6 is 0 Å². The van der Waals surface area contributed by atoms with Crippen LogP contribution in [0.2, 0.25) is 0 Å². The monoisotopic (exact) mass is 399 g/mol. The summed E-state index contributed by atoms with van der Waals surface area (Å²) in [6.07, 6.45) is 4.08. The number of benzene rings is 1. The number of ether oxygens (including phenoxy) is 1. The number of aromatic nitrogens is 2. The molecule has 1 aromatic heterocycles. The summed E-state index contributed by atoms with van der Waals surface area (Å²) in [6, 6.07) is 4.53. The Balaban J connectivity index is 2.05. The molecule has 2 amide bonds. The van der Waals surface area contributed by atoms with Crippen LogP contribution in [0.1, 0.15) is 51.6 Å². The largest absolute Gasteiger partial charge is 0.457 e. The number of hydrogen-bond acceptors (Lipinski definition) is 5. The second kappa shape index (κ2) is 7.69. The summed E-state index contributed by atoms with van der Waals surface area (Å²) >= 11 is 0. The molecule has 0 radical (unpaired) electrons. The highest BCUT2D eigenvalue weighted by Crippen LogP contribution is 2.25. The molecular formula is C21H25N3O5. The van der Waals surface area contributed by atoms with Crippen molar-refractivity contribution in [3.63, 3.8) is 0 Å². The molecule has 2 aromatic rings. The quantitative estimate of drug-likeness (QED) is 0.484. The van der Waals surface area contributed by atoms with E-state index in [-0.39, 0.29) is 18.0 Å². The van der Waals surface area contributed by atoms with Gasteiger partial charge >= 0.3 is 11.7 Å². The minimum Gasteiger partial charge on any atom is -0.457 e. The normalized spacial score (nSPS) is 18.1. The first-order chi connectivity index (χ1) is 13.6. The highest BCUT2D eigenvalue weighted by molar-refractivity contribution is 5.99. The Morgan fingerprint density at radius 2 is 1.97 bits per heavy atom. The van der Waals surface area contributed by atoms with E-state index >= 15 is 0 Å². The van der Waals surface area contributed by atoms with Crippen molar-refractivity contribution in [1.29, 1.82) is 0 Å². The lowest BCUT2D eigenvalue weighted by Gasteiger charge is -2.17. The number of nitrogens with one attached hydrogen (secondary N) is 1. The van der Waals surface area contributed by atoms with Gasteiger partial charge in [-0.15, -0.1) is 0 Å². The van der Waals surface area contributed by atoms with Crippen LogP contribution in [0.5, 0.6) is 0 Å². The Labute approximate surface area is 168 Å². The van der Waals surface area contributed by atoms with Crippen LogP contribution in [-0.2, 0) is 26.2 Å². The highest BCUT2D eigenvalue weighted by Gasteiger charge is 2.29. The molecule has 1 saturated heterocycles. The van der Waals surface area contributed by atoms with Crippen molar-refractivity contribution in [3.05, 3.63) is 40.3 Å². The van der Waals surface area contributed by atoms with Gasteiger partial charge in [-0.1, -0.05) is 12.1 Å². The van der Waals surface area contributed by atoms with E-state index < -0.39 is 23.5 Å². The average Bonchev–Trinajstić information content (AvgIpc) is 2.75. The van der Waals surface area contributed by atoms with Gasteiger partial charge in [-0.25, -0.2) is 9.59 Å². The van der Waals surface area contributed by atoms with Crippen LogP contribution in [0, 0.1) is 0 Å². The van der Waals surface area contributed by atoms with E-state index in [0.717, 1.165) is 0 Å². The molecule has 8 heteroatoms. The maximum atomic E-state index is 13.0. The predicted molar refractivity (Wildman–Crippen MR) is 108 cm³/mol. The molecule has 1 unspecified atom stereocenters. The molecule has 1 N–H and O–H groups in total. The third-order valence-electron chi connectivity index (χ3n) is 4.70. The smallest absolute Gasteiger partial charge is 0.331 e. The zero-order valence-corrected chi connectivity index (χ0v) is 17.0. The third kappa shape index (κ3) is 4.31. The molecule has 1 aliphatic heterocycles. The third-order valence-corrected chi connectivity index (χ3v) is 4.70. The van der Waals surface area contributed by atoms with Crippen LogP contribution in [0.25, 0.3) is 17.1 Å². The number of carbonyl (C=O) groups excluding carboxylic acids is 3. The number of fused-ring (bicyclic) bond motifs is 1. The number of para-hydroxylation sites is 1. The van der Waals surface area contributed by atoms with Gasteiger partial charge in [-0.05, 0) is 45.8 Å². The van der Waals surface area contributed by atoms with Gasteiger partial charge in [0.1, 0.15) is 11.6 Å². The van der Waals surface area contributed by atoms with E-state index in [4.69, 9.17) is 4.74 Å². The van der Waals surface area contributed by atoms with E-state index in [1.165, 1.54) is 15.2 Å². The number of imidazole rings is 1. The van der Waals surface area contributed by atoms with Crippen molar-refractivity contribution >= 4 is 34.9 Å². The number of esters is 1. The molecule has 3 rings (SSSR count). The van der Waals surface area contributed by atoms with Crippen LogP contribution in [0.4, 0.5) is 0 Å². The standard InChI is InChI=1S/C21H25N3O5/c1-21(2,3)29-17(26)12-11-13-7-5-8-14-18(13)23(4)20(28)24(14)15-9-6-10-16(25)22-19(15)27/h5,7-8,11-12,15H,6,9-10H2,1-4H3,(H,22,25,27)/b12-11+. The molecule has 1 aromatic carbocycles. The maximum absolute atomic E-state index is 13.0. The maximum Gasteiger partial charge on any atom is 0.331 e. The van der Waals surface area contributed by atoms with Gasteiger partial charge in [0.15, 0.2) is 0 Å². The Hall–Kier alpha value is -3.16. The van der Waals surface area contributed by atoms with E-state index in [1.807, 2.05) is 0 Å². The van der Waals surface area contributed by atoms with Gasteiger partial charge in [-0.3, -0.25) is 24.0 Å². The molecule has 154 valence electrons. The summed E-state index contributed by atoms with van der Waals surface area (Å²) in [5.41, 5.74) is 0.858.